The van der Waals surface area contributed by atoms with E-state index in [0.29, 0.717) is 47.6 Å². The number of methoxy groups -OCH3 is 2. The van der Waals surface area contributed by atoms with Gasteiger partial charge < -0.3 is 33.3 Å². The van der Waals surface area contributed by atoms with E-state index in [1.54, 1.807) is 49.6 Å². The third-order valence-corrected chi connectivity index (χ3v) is 6.50. The maximum absolute atomic E-state index is 13.7. The number of ether oxygens (including phenoxy) is 3. The van der Waals surface area contributed by atoms with Crippen LogP contribution in [0.1, 0.15) is 30.4 Å². The number of nitrogens with zero attached hydrogens (tertiary/aromatic N) is 5. The first-order valence-corrected chi connectivity index (χ1v) is 12.8. The Morgan fingerprint density at radius 1 is 1.12 bits per heavy atom. The molecule has 1 aromatic carbocycles. The lowest BCUT2D eigenvalue weighted by Crippen LogP contribution is -2.46. The third kappa shape index (κ3) is 6.15. The predicted molar refractivity (Wildman–Crippen MR) is 139 cm³/mol. The Morgan fingerprint density at radius 2 is 1.95 bits per heavy atom. The Kier molecular flexibility index (Phi) is 8.40. The molecule has 0 aliphatic carbocycles. The van der Waals surface area contributed by atoms with Crippen molar-refractivity contribution in [1.29, 1.82) is 0 Å². The topological polar surface area (TPSA) is 147 Å². The predicted octanol–water partition coefficient (Wildman–Crippen LogP) is 2.61. The van der Waals surface area contributed by atoms with E-state index in [1.807, 2.05) is 0 Å². The Hall–Kier alpha value is -4.65. The second-order valence-electron chi connectivity index (χ2n) is 9.11. The van der Waals surface area contributed by atoms with Crippen LogP contribution >= 0.6 is 0 Å². The minimum absolute atomic E-state index is 0.0157. The van der Waals surface area contributed by atoms with Crippen LogP contribution < -0.4 is 14.8 Å². The Bertz CT molecular complexity index is 1400. The van der Waals surface area contributed by atoms with Crippen LogP contribution in [0.5, 0.6) is 11.5 Å². The van der Waals surface area contributed by atoms with E-state index in [9.17, 15) is 9.59 Å². The molecule has 13 heteroatoms. The lowest BCUT2D eigenvalue weighted by molar-refractivity contribution is -0.143. The zero-order valence-electron chi connectivity index (χ0n) is 22.2. The van der Waals surface area contributed by atoms with Crippen LogP contribution in [-0.4, -0.2) is 70.4 Å². The molecule has 2 amide bonds. The molecule has 5 rings (SSSR count). The van der Waals surface area contributed by atoms with E-state index >= 15 is 0 Å². The normalized spacial score (nSPS) is 15.5. The summed E-state index contributed by atoms with van der Waals surface area (Å²) in [4.78, 5) is 29.8. The number of aromatic nitrogens is 4. The number of rotatable bonds is 12. The summed E-state index contributed by atoms with van der Waals surface area (Å²) >= 11 is 0. The van der Waals surface area contributed by atoms with Gasteiger partial charge >= 0.3 is 0 Å². The summed E-state index contributed by atoms with van der Waals surface area (Å²) in [5.41, 5.74) is 0.630. The largest absolute Gasteiger partial charge is 0.493 e. The van der Waals surface area contributed by atoms with Gasteiger partial charge in [-0.15, -0.1) is 10.2 Å². The van der Waals surface area contributed by atoms with Gasteiger partial charge in [-0.05, 0) is 60.5 Å². The number of furan rings is 2. The van der Waals surface area contributed by atoms with Crippen LogP contribution in [-0.2, 0) is 27.4 Å². The molecule has 0 bridgehead atoms. The highest BCUT2D eigenvalue weighted by Crippen LogP contribution is 2.31. The third-order valence-electron chi connectivity index (χ3n) is 6.50. The van der Waals surface area contributed by atoms with Crippen molar-refractivity contribution in [2.45, 2.75) is 38.1 Å². The van der Waals surface area contributed by atoms with Crippen LogP contribution in [0, 0.1) is 0 Å². The summed E-state index contributed by atoms with van der Waals surface area (Å²) in [5.74, 6) is 1.32. The lowest BCUT2D eigenvalue weighted by atomic mass is 10.1. The second kappa shape index (κ2) is 12.5. The maximum atomic E-state index is 13.7. The van der Waals surface area contributed by atoms with Gasteiger partial charge in [0.1, 0.15) is 18.1 Å². The Morgan fingerprint density at radius 3 is 2.65 bits per heavy atom. The molecule has 0 spiro atoms. The van der Waals surface area contributed by atoms with E-state index in [1.165, 1.54) is 29.3 Å². The molecule has 13 nitrogen and oxygen atoms in total. The van der Waals surface area contributed by atoms with Crippen molar-refractivity contribution in [2.24, 2.45) is 0 Å². The second-order valence-corrected chi connectivity index (χ2v) is 9.11. The number of carbonyl (C=O) groups excluding carboxylic acids is 2. The van der Waals surface area contributed by atoms with Crippen LogP contribution in [0.15, 0.2) is 63.8 Å². The van der Waals surface area contributed by atoms with Crippen molar-refractivity contribution in [3.05, 3.63) is 66.5 Å². The summed E-state index contributed by atoms with van der Waals surface area (Å²) in [6.45, 7) is 0.735. The number of benzene rings is 1. The summed E-state index contributed by atoms with van der Waals surface area (Å²) in [7, 11) is 3.08. The number of hydrogen-bond donors (Lipinski definition) is 1. The summed E-state index contributed by atoms with van der Waals surface area (Å²) in [6, 6.07) is 10.9. The van der Waals surface area contributed by atoms with Crippen molar-refractivity contribution in [3.63, 3.8) is 0 Å². The number of hydrogen-bond acceptors (Lipinski definition) is 10. The van der Waals surface area contributed by atoms with Gasteiger partial charge in [0.25, 0.3) is 5.91 Å². The molecule has 1 aliphatic rings. The molecular formula is C27H30N6O7. The average Bonchev–Trinajstić information content (AvgIpc) is 3.80. The first kappa shape index (κ1) is 26.9. The molecule has 1 fully saturated rings. The van der Waals surface area contributed by atoms with Crippen molar-refractivity contribution in [3.8, 4) is 22.9 Å². The quantitative estimate of drug-likeness (QED) is 0.279. The van der Waals surface area contributed by atoms with Crippen LogP contribution in [0.3, 0.4) is 0 Å². The molecule has 40 heavy (non-hydrogen) atoms. The van der Waals surface area contributed by atoms with Crippen molar-refractivity contribution in [2.75, 3.05) is 27.4 Å². The molecule has 1 saturated heterocycles. The molecule has 0 saturated carbocycles. The highest BCUT2D eigenvalue weighted by atomic mass is 16.5. The fraction of sp³-hybridized carbons (Fsp3) is 0.370. The summed E-state index contributed by atoms with van der Waals surface area (Å²) in [5, 5.41) is 15.4. The van der Waals surface area contributed by atoms with Crippen LogP contribution in [0.25, 0.3) is 11.4 Å². The molecule has 4 aromatic rings. The van der Waals surface area contributed by atoms with E-state index in [0.717, 1.165) is 12.8 Å². The van der Waals surface area contributed by atoms with Crippen molar-refractivity contribution < 1.29 is 32.6 Å². The van der Waals surface area contributed by atoms with Gasteiger partial charge in [-0.3, -0.25) is 9.59 Å². The van der Waals surface area contributed by atoms with Gasteiger partial charge in [0.2, 0.25) is 11.7 Å². The molecule has 1 N–H and O–H groups in total. The van der Waals surface area contributed by atoms with Gasteiger partial charge in [-0.2, -0.15) is 4.80 Å². The number of amides is 2. The first-order valence-electron chi connectivity index (χ1n) is 12.8. The fourth-order valence-corrected chi connectivity index (χ4v) is 4.49. The number of carbonyl (C=O) groups is 2. The van der Waals surface area contributed by atoms with E-state index in [4.69, 9.17) is 23.0 Å². The van der Waals surface area contributed by atoms with Gasteiger partial charge in [-0.1, -0.05) is 0 Å². The zero-order chi connectivity index (χ0) is 27.9. The van der Waals surface area contributed by atoms with Gasteiger partial charge in [0.05, 0.1) is 39.4 Å². The molecule has 1 aliphatic heterocycles. The summed E-state index contributed by atoms with van der Waals surface area (Å²) in [6.07, 6.45) is 4.71. The van der Waals surface area contributed by atoms with E-state index in [2.05, 4.69) is 20.7 Å². The highest BCUT2D eigenvalue weighted by Gasteiger charge is 2.35. The zero-order valence-corrected chi connectivity index (χ0v) is 22.2. The monoisotopic (exact) mass is 550 g/mol. The molecule has 3 aromatic heterocycles. The molecule has 210 valence electrons. The van der Waals surface area contributed by atoms with Gasteiger partial charge in [-0.25, -0.2) is 0 Å². The van der Waals surface area contributed by atoms with Gasteiger partial charge in [0.15, 0.2) is 17.5 Å². The standard InChI is InChI=1S/C27H30N6O7/c1-36-21-10-9-18(14-23(21)37-2)26-29-31-33(30-26)17-24(34)32(16-20-7-4-12-39-20)25(22-8-5-13-40-22)27(35)28-15-19-6-3-11-38-19/h4-5,7-10,12-14,19,25H,3,6,11,15-17H2,1-2H3,(H,28,35)/t19-,25-/m1/s1. The minimum atomic E-state index is -1.07. The Balaban J connectivity index is 1.38. The molecule has 4 heterocycles. The fourth-order valence-electron chi connectivity index (χ4n) is 4.49. The minimum Gasteiger partial charge on any atom is -0.493 e. The van der Waals surface area contributed by atoms with Crippen LogP contribution in [0.2, 0.25) is 0 Å². The molecule has 0 radical (unpaired) electrons. The van der Waals surface area contributed by atoms with Crippen LogP contribution in [0.4, 0.5) is 0 Å². The average molecular weight is 551 g/mol. The highest BCUT2D eigenvalue weighted by molar-refractivity contribution is 5.88. The van der Waals surface area contributed by atoms with E-state index in [-0.39, 0.29) is 19.2 Å². The van der Waals surface area contributed by atoms with E-state index < -0.39 is 17.9 Å². The van der Waals surface area contributed by atoms with Crippen molar-refractivity contribution in [1.82, 2.24) is 30.4 Å². The maximum Gasteiger partial charge on any atom is 0.250 e. The SMILES string of the molecule is COc1ccc(-c2nnn(CC(=O)N(Cc3ccco3)[C@@H](C(=O)NC[C@H]3CCCO3)c3ccco3)n2)cc1OC. The number of tetrazole rings is 1. The first-order chi connectivity index (χ1) is 19.6. The van der Waals surface area contributed by atoms with Crippen molar-refractivity contribution >= 4 is 11.8 Å². The molecule has 0 unspecified atom stereocenters. The molecular weight excluding hydrogens is 520 g/mol. The Labute approximate surface area is 230 Å². The molecule has 2 atom stereocenters. The van der Waals surface area contributed by atoms with Gasteiger partial charge in [0, 0.05) is 18.7 Å². The number of nitrogens with one attached hydrogen (secondary N) is 1. The smallest absolute Gasteiger partial charge is 0.250 e. The lowest BCUT2D eigenvalue weighted by Gasteiger charge is -2.29. The summed E-state index contributed by atoms with van der Waals surface area (Å²) < 4.78 is 27.4.